The normalized spacial score (nSPS) is 15.0. The number of hydrazine groups is 1. The minimum atomic E-state index is -0.841. The Bertz CT molecular complexity index is 969. The number of carbonyl (C=O) groups is 2. The Balaban J connectivity index is 1.37. The van der Waals surface area contributed by atoms with E-state index < -0.39 is 17.9 Å². The Kier molecular flexibility index (Phi) is 4.49. The van der Waals surface area contributed by atoms with E-state index in [9.17, 15) is 9.59 Å². The SMILES string of the molecule is O=C(NNC(=O)C1COc2ccccc2O1)c1cccc(-n2cccc2)c1. The van der Waals surface area contributed by atoms with Gasteiger partial charge in [-0.15, -0.1) is 0 Å². The summed E-state index contributed by atoms with van der Waals surface area (Å²) in [7, 11) is 0. The summed E-state index contributed by atoms with van der Waals surface area (Å²) < 4.78 is 13.0. The zero-order chi connectivity index (χ0) is 18.6. The average molecular weight is 363 g/mol. The zero-order valence-electron chi connectivity index (χ0n) is 14.3. The van der Waals surface area contributed by atoms with Crippen LogP contribution in [0.15, 0.2) is 73.1 Å². The molecular weight excluding hydrogens is 346 g/mol. The van der Waals surface area contributed by atoms with Crippen LogP contribution in [0.5, 0.6) is 11.5 Å². The molecule has 0 saturated heterocycles. The number of carbonyl (C=O) groups excluding carboxylic acids is 2. The topological polar surface area (TPSA) is 81.6 Å². The molecule has 1 unspecified atom stereocenters. The lowest BCUT2D eigenvalue weighted by Gasteiger charge is -2.25. The van der Waals surface area contributed by atoms with E-state index in [4.69, 9.17) is 9.47 Å². The summed E-state index contributed by atoms with van der Waals surface area (Å²) in [5, 5.41) is 0. The summed E-state index contributed by atoms with van der Waals surface area (Å²) in [4.78, 5) is 24.6. The van der Waals surface area contributed by atoms with E-state index in [0.29, 0.717) is 17.1 Å². The van der Waals surface area contributed by atoms with Gasteiger partial charge in [-0.25, -0.2) is 0 Å². The third-order valence-electron chi connectivity index (χ3n) is 4.11. The van der Waals surface area contributed by atoms with Crippen LogP contribution in [0.3, 0.4) is 0 Å². The van der Waals surface area contributed by atoms with Crippen molar-refractivity contribution in [2.24, 2.45) is 0 Å². The molecule has 7 nitrogen and oxygen atoms in total. The molecule has 0 spiro atoms. The second-order valence-corrected chi connectivity index (χ2v) is 5.95. The highest BCUT2D eigenvalue weighted by Crippen LogP contribution is 2.30. The van der Waals surface area contributed by atoms with Gasteiger partial charge in [-0.1, -0.05) is 18.2 Å². The third-order valence-corrected chi connectivity index (χ3v) is 4.11. The first-order valence-corrected chi connectivity index (χ1v) is 8.43. The number of para-hydroxylation sites is 2. The summed E-state index contributed by atoms with van der Waals surface area (Å²) in [6, 6.07) is 18.0. The maximum Gasteiger partial charge on any atom is 0.283 e. The van der Waals surface area contributed by atoms with Crippen molar-refractivity contribution in [1.82, 2.24) is 15.4 Å². The lowest BCUT2D eigenvalue weighted by molar-refractivity contribution is -0.131. The molecule has 1 aromatic heterocycles. The van der Waals surface area contributed by atoms with Crippen molar-refractivity contribution in [1.29, 1.82) is 0 Å². The third kappa shape index (κ3) is 3.62. The average Bonchev–Trinajstić information content (AvgIpc) is 3.26. The van der Waals surface area contributed by atoms with Gasteiger partial charge in [0.15, 0.2) is 11.5 Å². The van der Waals surface area contributed by atoms with Gasteiger partial charge in [0.2, 0.25) is 6.10 Å². The van der Waals surface area contributed by atoms with Gasteiger partial charge in [-0.2, -0.15) is 0 Å². The molecule has 0 radical (unpaired) electrons. The largest absolute Gasteiger partial charge is 0.485 e. The monoisotopic (exact) mass is 363 g/mol. The predicted molar refractivity (Wildman–Crippen MR) is 97.7 cm³/mol. The Morgan fingerprint density at radius 3 is 2.52 bits per heavy atom. The number of hydrogen-bond donors (Lipinski definition) is 2. The maximum atomic E-state index is 12.3. The number of ether oxygens (including phenoxy) is 2. The minimum absolute atomic E-state index is 0.0713. The number of hydrogen-bond acceptors (Lipinski definition) is 4. The second-order valence-electron chi connectivity index (χ2n) is 5.95. The molecular formula is C20H17N3O4. The molecule has 2 aromatic carbocycles. The molecule has 1 atom stereocenters. The van der Waals surface area contributed by atoms with Gasteiger partial charge in [-0.3, -0.25) is 20.4 Å². The van der Waals surface area contributed by atoms with Gasteiger partial charge in [0.05, 0.1) is 0 Å². The van der Waals surface area contributed by atoms with Crippen LogP contribution in [-0.2, 0) is 4.79 Å². The van der Waals surface area contributed by atoms with Crippen LogP contribution in [0.4, 0.5) is 0 Å². The summed E-state index contributed by atoms with van der Waals surface area (Å²) >= 11 is 0. The van der Waals surface area contributed by atoms with Gasteiger partial charge in [0.1, 0.15) is 6.61 Å². The maximum absolute atomic E-state index is 12.3. The van der Waals surface area contributed by atoms with Crippen molar-refractivity contribution in [3.8, 4) is 17.2 Å². The molecule has 136 valence electrons. The summed E-state index contributed by atoms with van der Waals surface area (Å²) in [5.41, 5.74) is 6.07. The highest BCUT2D eigenvalue weighted by Gasteiger charge is 2.27. The first-order valence-electron chi connectivity index (χ1n) is 8.43. The number of fused-ring (bicyclic) bond motifs is 1. The highest BCUT2D eigenvalue weighted by atomic mass is 16.6. The van der Waals surface area contributed by atoms with Gasteiger partial charge in [-0.05, 0) is 42.5 Å². The molecule has 0 bridgehead atoms. The lowest BCUT2D eigenvalue weighted by Crippen LogP contribution is -2.50. The lowest BCUT2D eigenvalue weighted by atomic mass is 10.2. The second kappa shape index (κ2) is 7.25. The van der Waals surface area contributed by atoms with Crippen LogP contribution in [0.2, 0.25) is 0 Å². The van der Waals surface area contributed by atoms with Gasteiger partial charge in [0.25, 0.3) is 11.8 Å². The van der Waals surface area contributed by atoms with Crippen LogP contribution in [0.1, 0.15) is 10.4 Å². The number of rotatable bonds is 3. The van der Waals surface area contributed by atoms with E-state index in [2.05, 4.69) is 10.9 Å². The van der Waals surface area contributed by atoms with Gasteiger partial charge < -0.3 is 14.0 Å². The number of aromatic nitrogens is 1. The summed E-state index contributed by atoms with van der Waals surface area (Å²) in [5.74, 6) is 0.177. The van der Waals surface area contributed by atoms with Crippen molar-refractivity contribution in [3.05, 3.63) is 78.6 Å². The molecule has 2 amide bonds. The van der Waals surface area contributed by atoms with Crippen LogP contribution in [0.25, 0.3) is 5.69 Å². The van der Waals surface area contributed by atoms with Gasteiger partial charge in [0, 0.05) is 23.6 Å². The molecule has 7 heteroatoms. The van der Waals surface area contributed by atoms with E-state index in [1.165, 1.54) is 0 Å². The van der Waals surface area contributed by atoms with Crippen molar-refractivity contribution in [2.75, 3.05) is 6.61 Å². The fourth-order valence-corrected chi connectivity index (χ4v) is 2.73. The fourth-order valence-electron chi connectivity index (χ4n) is 2.73. The molecule has 1 aliphatic rings. The number of nitrogens with zero attached hydrogens (tertiary/aromatic N) is 1. The molecule has 2 N–H and O–H groups in total. The zero-order valence-corrected chi connectivity index (χ0v) is 14.3. The molecule has 0 saturated carbocycles. The molecule has 3 aromatic rings. The van der Waals surface area contributed by atoms with Crippen LogP contribution in [-0.4, -0.2) is 29.1 Å². The molecule has 4 rings (SSSR count). The van der Waals surface area contributed by atoms with E-state index >= 15 is 0 Å². The Morgan fingerprint density at radius 1 is 0.926 bits per heavy atom. The van der Waals surface area contributed by atoms with Crippen molar-refractivity contribution in [3.63, 3.8) is 0 Å². The van der Waals surface area contributed by atoms with E-state index in [1.807, 2.05) is 41.2 Å². The Labute approximate surface area is 155 Å². The Hall–Kier alpha value is -3.74. The first-order chi connectivity index (χ1) is 13.2. The number of nitrogens with one attached hydrogen (secondary N) is 2. The minimum Gasteiger partial charge on any atom is -0.485 e. The molecule has 0 aliphatic carbocycles. The number of amides is 2. The highest BCUT2D eigenvalue weighted by molar-refractivity contribution is 5.96. The standard InChI is InChI=1S/C20H17N3O4/c24-19(14-6-5-7-15(12-14)23-10-3-4-11-23)21-22-20(25)18-13-26-16-8-1-2-9-17(16)27-18/h1-12,18H,13H2,(H,21,24)(H,22,25). The summed E-state index contributed by atoms with van der Waals surface area (Å²) in [6.45, 7) is 0.0713. The van der Waals surface area contributed by atoms with Crippen LogP contribution >= 0.6 is 0 Å². The van der Waals surface area contributed by atoms with E-state index in [-0.39, 0.29) is 6.61 Å². The van der Waals surface area contributed by atoms with Crippen molar-refractivity contribution >= 4 is 11.8 Å². The van der Waals surface area contributed by atoms with E-state index in [0.717, 1.165) is 5.69 Å². The van der Waals surface area contributed by atoms with Crippen LogP contribution in [0, 0.1) is 0 Å². The van der Waals surface area contributed by atoms with Crippen molar-refractivity contribution in [2.45, 2.75) is 6.10 Å². The van der Waals surface area contributed by atoms with Crippen LogP contribution < -0.4 is 20.3 Å². The fraction of sp³-hybridized carbons (Fsp3) is 0.100. The number of benzene rings is 2. The van der Waals surface area contributed by atoms with E-state index in [1.54, 1.807) is 36.4 Å². The molecule has 1 aliphatic heterocycles. The molecule has 27 heavy (non-hydrogen) atoms. The van der Waals surface area contributed by atoms with Gasteiger partial charge >= 0.3 is 0 Å². The molecule has 0 fully saturated rings. The van der Waals surface area contributed by atoms with Crippen molar-refractivity contribution < 1.29 is 19.1 Å². The molecule has 2 heterocycles. The first kappa shape index (κ1) is 16.7. The summed E-state index contributed by atoms with van der Waals surface area (Å²) in [6.07, 6.45) is 2.93. The predicted octanol–water partition coefficient (Wildman–Crippen LogP) is 2.08. The Morgan fingerprint density at radius 2 is 1.70 bits per heavy atom. The quantitative estimate of drug-likeness (QED) is 0.698. The smallest absolute Gasteiger partial charge is 0.283 e.